The summed E-state index contributed by atoms with van der Waals surface area (Å²) in [5.74, 6) is 0.843. The normalized spacial score (nSPS) is 19.0. The maximum absolute atomic E-state index is 6.09. The van der Waals surface area contributed by atoms with E-state index in [1.165, 1.54) is 16.7 Å². The molecule has 3 aromatic rings. The number of thioether (sulfide) groups is 1. The van der Waals surface area contributed by atoms with Gasteiger partial charge in [-0.1, -0.05) is 96.2 Å². The second kappa shape index (κ2) is 7.98. The van der Waals surface area contributed by atoms with Crippen molar-refractivity contribution in [2.75, 3.05) is 0 Å². The van der Waals surface area contributed by atoms with Gasteiger partial charge in [0.25, 0.3) is 0 Å². The van der Waals surface area contributed by atoms with Crippen LogP contribution in [-0.4, -0.2) is 5.17 Å². The lowest BCUT2D eigenvalue weighted by atomic mass is 9.95. The van der Waals surface area contributed by atoms with Crippen molar-refractivity contribution in [3.05, 3.63) is 107 Å². The van der Waals surface area contributed by atoms with Crippen LogP contribution in [0.15, 0.2) is 89.9 Å². The standard InChI is InChI=1S/C22H19ClN2S/c23-19-13-7-8-16(14-19)15-26-22-24-20(17-9-3-1-4-10-17)21(25-22)18-11-5-2-6-12-18/h1-14,20-21H,15H2,(H,24,25)/t20-,21+. The van der Waals surface area contributed by atoms with Gasteiger partial charge in [0.05, 0.1) is 6.04 Å². The van der Waals surface area contributed by atoms with Gasteiger partial charge in [0.1, 0.15) is 6.04 Å². The molecule has 1 heterocycles. The molecule has 0 aliphatic carbocycles. The van der Waals surface area contributed by atoms with Crippen molar-refractivity contribution in [3.63, 3.8) is 0 Å². The monoisotopic (exact) mass is 378 g/mol. The Balaban J connectivity index is 1.56. The minimum atomic E-state index is 0.0838. The van der Waals surface area contributed by atoms with Crippen LogP contribution in [0.2, 0.25) is 5.02 Å². The van der Waals surface area contributed by atoms with Crippen LogP contribution in [0.4, 0.5) is 0 Å². The van der Waals surface area contributed by atoms with Gasteiger partial charge in [-0.3, -0.25) is 4.99 Å². The van der Waals surface area contributed by atoms with Crippen molar-refractivity contribution in [1.82, 2.24) is 5.32 Å². The number of amidine groups is 1. The number of nitrogens with zero attached hydrogens (tertiary/aromatic N) is 1. The van der Waals surface area contributed by atoms with E-state index >= 15 is 0 Å². The van der Waals surface area contributed by atoms with Gasteiger partial charge in [-0.05, 0) is 28.8 Å². The first kappa shape index (κ1) is 17.2. The maximum Gasteiger partial charge on any atom is 0.158 e. The van der Waals surface area contributed by atoms with Crippen LogP contribution >= 0.6 is 23.4 Å². The van der Waals surface area contributed by atoms with Gasteiger partial charge in [-0.2, -0.15) is 0 Å². The van der Waals surface area contributed by atoms with E-state index in [0.29, 0.717) is 0 Å². The number of rotatable bonds is 4. The van der Waals surface area contributed by atoms with E-state index in [-0.39, 0.29) is 12.1 Å². The molecular formula is C22H19ClN2S. The molecule has 0 amide bonds. The van der Waals surface area contributed by atoms with Crippen molar-refractivity contribution in [2.24, 2.45) is 4.99 Å². The predicted molar refractivity (Wildman–Crippen MR) is 112 cm³/mol. The van der Waals surface area contributed by atoms with E-state index in [2.05, 4.69) is 59.9 Å². The van der Waals surface area contributed by atoms with E-state index in [9.17, 15) is 0 Å². The third kappa shape index (κ3) is 3.95. The molecule has 0 aromatic heterocycles. The third-order valence-corrected chi connectivity index (χ3v) is 5.62. The third-order valence-electron chi connectivity index (χ3n) is 4.42. The topological polar surface area (TPSA) is 24.4 Å². The Kier molecular flexibility index (Phi) is 5.28. The lowest BCUT2D eigenvalue weighted by molar-refractivity contribution is 0.573. The van der Waals surface area contributed by atoms with Crippen LogP contribution in [0.25, 0.3) is 0 Å². The Hall–Kier alpha value is -2.23. The van der Waals surface area contributed by atoms with Crippen LogP contribution < -0.4 is 5.32 Å². The molecule has 0 saturated heterocycles. The van der Waals surface area contributed by atoms with Crippen LogP contribution in [0.1, 0.15) is 28.8 Å². The lowest BCUT2D eigenvalue weighted by Gasteiger charge is -2.19. The van der Waals surface area contributed by atoms with Gasteiger partial charge >= 0.3 is 0 Å². The van der Waals surface area contributed by atoms with Crippen molar-refractivity contribution in [3.8, 4) is 0 Å². The molecule has 4 rings (SSSR count). The van der Waals surface area contributed by atoms with Crippen LogP contribution in [-0.2, 0) is 5.75 Å². The van der Waals surface area contributed by atoms with Gasteiger partial charge in [0, 0.05) is 10.8 Å². The molecule has 2 atom stereocenters. The highest BCUT2D eigenvalue weighted by atomic mass is 35.5. The van der Waals surface area contributed by atoms with Gasteiger partial charge in [-0.25, -0.2) is 0 Å². The summed E-state index contributed by atoms with van der Waals surface area (Å²) in [5.41, 5.74) is 3.68. The minimum absolute atomic E-state index is 0.0838. The molecule has 4 heteroatoms. The predicted octanol–water partition coefficient (Wildman–Crippen LogP) is 6.02. The molecule has 0 spiro atoms. The molecule has 0 fully saturated rings. The molecule has 26 heavy (non-hydrogen) atoms. The second-order valence-corrected chi connectivity index (χ2v) is 7.64. The molecular weight excluding hydrogens is 360 g/mol. The van der Waals surface area contributed by atoms with E-state index in [1.807, 2.05) is 30.3 Å². The summed E-state index contributed by atoms with van der Waals surface area (Å²) in [6.45, 7) is 0. The zero-order chi connectivity index (χ0) is 17.8. The molecule has 0 unspecified atom stereocenters. The Bertz CT molecular complexity index is 896. The largest absolute Gasteiger partial charge is 0.356 e. The minimum Gasteiger partial charge on any atom is -0.356 e. The SMILES string of the molecule is Clc1cccc(CSC2=N[C@@H](c3ccccc3)[C@@H](c3ccccc3)N2)c1. The number of aliphatic imine (C=N–C) groups is 1. The summed E-state index contributed by atoms with van der Waals surface area (Å²) < 4.78 is 0. The molecule has 130 valence electrons. The van der Waals surface area contributed by atoms with E-state index in [1.54, 1.807) is 11.8 Å². The Morgan fingerprint density at radius 3 is 2.23 bits per heavy atom. The molecule has 1 N–H and O–H groups in total. The lowest BCUT2D eigenvalue weighted by Crippen LogP contribution is -2.22. The summed E-state index contributed by atoms with van der Waals surface area (Å²) in [6, 6.07) is 29.2. The zero-order valence-corrected chi connectivity index (χ0v) is 15.8. The van der Waals surface area contributed by atoms with Crippen molar-refractivity contribution >= 4 is 28.5 Å². The van der Waals surface area contributed by atoms with E-state index in [0.717, 1.165) is 15.9 Å². The smallest absolute Gasteiger partial charge is 0.158 e. The number of benzene rings is 3. The highest BCUT2D eigenvalue weighted by molar-refractivity contribution is 8.13. The number of hydrogen-bond donors (Lipinski definition) is 1. The maximum atomic E-state index is 6.09. The summed E-state index contributed by atoms with van der Waals surface area (Å²) in [7, 11) is 0. The molecule has 0 saturated carbocycles. The van der Waals surface area contributed by atoms with Crippen LogP contribution in [0, 0.1) is 0 Å². The average molecular weight is 379 g/mol. The Morgan fingerprint density at radius 2 is 1.54 bits per heavy atom. The first-order chi connectivity index (χ1) is 12.8. The summed E-state index contributed by atoms with van der Waals surface area (Å²) in [6.07, 6.45) is 0. The molecule has 3 aromatic carbocycles. The fraction of sp³-hybridized carbons (Fsp3) is 0.136. The number of hydrogen-bond acceptors (Lipinski definition) is 3. The zero-order valence-electron chi connectivity index (χ0n) is 14.2. The summed E-state index contributed by atoms with van der Waals surface area (Å²) in [5, 5.41) is 5.37. The molecule has 1 aliphatic heterocycles. The Labute approximate surface area is 163 Å². The first-order valence-corrected chi connectivity index (χ1v) is 9.97. The molecule has 0 radical (unpaired) electrons. The summed E-state index contributed by atoms with van der Waals surface area (Å²) in [4.78, 5) is 4.99. The van der Waals surface area contributed by atoms with Crippen LogP contribution in [0.5, 0.6) is 0 Å². The van der Waals surface area contributed by atoms with Crippen molar-refractivity contribution in [1.29, 1.82) is 0 Å². The fourth-order valence-corrected chi connectivity index (χ4v) is 4.24. The van der Waals surface area contributed by atoms with Crippen LogP contribution in [0.3, 0.4) is 0 Å². The van der Waals surface area contributed by atoms with Crippen molar-refractivity contribution in [2.45, 2.75) is 17.8 Å². The molecule has 2 nitrogen and oxygen atoms in total. The Morgan fingerprint density at radius 1 is 0.846 bits per heavy atom. The average Bonchev–Trinajstić information content (AvgIpc) is 3.12. The fourth-order valence-electron chi connectivity index (χ4n) is 3.15. The van der Waals surface area contributed by atoms with Gasteiger partial charge < -0.3 is 5.32 Å². The van der Waals surface area contributed by atoms with E-state index in [4.69, 9.17) is 16.6 Å². The highest BCUT2D eigenvalue weighted by Crippen LogP contribution is 2.38. The second-order valence-electron chi connectivity index (χ2n) is 6.24. The van der Waals surface area contributed by atoms with Gasteiger partial charge in [0.2, 0.25) is 0 Å². The van der Waals surface area contributed by atoms with Gasteiger partial charge in [0.15, 0.2) is 5.17 Å². The quantitative estimate of drug-likeness (QED) is 0.600. The molecule has 0 bridgehead atoms. The number of nitrogens with one attached hydrogen (secondary N) is 1. The van der Waals surface area contributed by atoms with E-state index < -0.39 is 0 Å². The highest BCUT2D eigenvalue weighted by Gasteiger charge is 2.31. The van der Waals surface area contributed by atoms with Gasteiger partial charge in [-0.15, -0.1) is 0 Å². The molecule has 1 aliphatic rings. The summed E-state index contributed by atoms with van der Waals surface area (Å²) >= 11 is 7.81. The first-order valence-electron chi connectivity index (χ1n) is 8.61. The number of halogens is 1. The van der Waals surface area contributed by atoms with Crippen molar-refractivity contribution < 1.29 is 0 Å².